The SMILES string of the molecule is NC1CCCN(C(=O)c2cnc(Nc3ccc4c(c3)CCCN4)nc2)C1. The summed E-state index contributed by atoms with van der Waals surface area (Å²) in [5.74, 6) is 0.437. The highest BCUT2D eigenvalue weighted by atomic mass is 16.2. The number of anilines is 3. The molecule has 1 unspecified atom stereocenters. The van der Waals surface area contributed by atoms with Crippen LogP contribution in [0.4, 0.5) is 17.3 Å². The summed E-state index contributed by atoms with van der Waals surface area (Å²) in [4.78, 5) is 22.9. The van der Waals surface area contributed by atoms with Gasteiger partial charge in [-0.05, 0) is 49.4 Å². The Balaban J connectivity index is 1.43. The number of carbonyl (C=O) groups excluding carboxylic acids is 1. The zero-order valence-corrected chi connectivity index (χ0v) is 14.7. The predicted molar refractivity (Wildman–Crippen MR) is 102 cm³/mol. The minimum Gasteiger partial charge on any atom is -0.385 e. The summed E-state index contributed by atoms with van der Waals surface area (Å²) >= 11 is 0. The highest BCUT2D eigenvalue weighted by Crippen LogP contribution is 2.26. The van der Waals surface area contributed by atoms with Crippen molar-refractivity contribution in [1.82, 2.24) is 14.9 Å². The first-order valence-electron chi connectivity index (χ1n) is 9.20. The van der Waals surface area contributed by atoms with E-state index in [-0.39, 0.29) is 11.9 Å². The molecule has 136 valence electrons. The van der Waals surface area contributed by atoms with Crippen LogP contribution in [0.3, 0.4) is 0 Å². The van der Waals surface area contributed by atoms with Gasteiger partial charge in [-0.1, -0.05) is 0 Å². The smallest absolute Gasteiger partial charge is 0.257 e. The summed E-state index contributed by atoms with van der Waals surface area (Å²) in [5.41, 5.74) is 9.91. The summed E-state index contributed by atoms with van der Waals surface area (Å²) in [6.45, 7) is 2.37. The largest absolute Gasteiger partial charge is 0.385 e. The Hall–Kier alpha value is -2.67. The van der Waals surface area contributed by atoms with Crippen molar-refractivity contribution in [3.63, 3.8) is 0 Å². The van der Waals surface area contributed by atoms with Gasteiger partial charge in [0.15, 0.2) is 0 Å². The van der Waals surface area contributed by atoms with Crippen LogP contribution in [0.2, 0.25) is 0 Å². The molecule has 2 aliphatic rings. The molecular formula is C19H24N6O. The van der Waals surface area contributed by atoms with Crippen molar-refractivity contribution in [2.75, 3.05) is 30.3 Å². The summed E-state index contributed by atoms with van der Waals surface area (Å²) in [6, 6.07) is 6.27. The number of nitrogens with zero attached hydrogens (tertiary/aromatic N) is 3. The van der Waals surface area contributed by atoms with Crippen molar-refractivity contribution in [3.05, 3.63) is 41.7 Å². The van der Waals surface area contributed by atoms with Gasteiger partial charge in [-0.15, -0.1) is 0 Å². The van der Waals surface area contributed by atoms with Gasteiger partial charge in [-0.2, -0.15) is 0 Å². The number of amides is 1. The second-order valence-electron chi connectivity index (χ2n) is 6.98. The molecule has 0 saturated carbocycles. The van der Waals surface area contributed by atoms with Crippen molar-refractivity contribution in [1.29, 1.82) is 0 Å². The normalized spacial score (nSPS) is 19.4. The maximum Gasteiger partial charge on any atom is 0.257 e. The fraction of sp³-hybridized carbons (Fsp3) is 0.421. The number of piperidine rings is 1. The van der Waals surface area contributed by atoms with E-state index in [0.717, 1.165) is 44.5 Å². The van der Waals surface area contributed by atoms with Crippen LogP contribution in [0.15, 0.2) is 30.6 Å². The molecule has 2 aliphatic heterocycles. The summed E-state index contributed by atoms with van der Waals surface area (Å²) in [5, 5.41) is 6.61. The van der Waals surface area contributed by atoms with E-state index in [1.807, 2.05) is 6.07 Å². The van der Waals surface area contributed by atoms with E-state index in [0.29, 0.717) is 18.1 Å². The van der Waals surface area contributed by atoms with Gasteiger partial charge < -0.3 is 21.3 Å². The molecule has 4 rings (SSSR count). The number of hydrogen-bond acceptors (Lipinski definition) is 6. The Bertz CT molecular complexity index is 791. The Morgan fingerprint density at radius 1 is 1.27 bits per heavy atom. The third-order valence-corrected chi connectivity index (χ3v) is 4.94. The lowest BCUT2D eigenvalue weighted by Gasteiger charge is -2.30. The molecule has 0 bridgehead atoms. The molecule has 1 aromatic heterocycles. The van der Waals surface area contributed by atoms with Crippen molar-refractivity contribution < 1.29 is 4.79 Å². The first kappa shape index (κ1) is 16.8. The number of nitrogens with one attached hydrogen (secondary N) is 2. The molecule has 2 aromatic rings. The molecule has 3 heterocycles. The van der Waals surface area contributed by atoms with Gasteiger partial charge in [0, 0.05) is 49.4 Å². The minimum atomic E-state index is -0.0495. The minimum absolute atomic E-state index is 0.0495. The van der Waals surface area contributed by atoms with Gasteiger partial charge in [-0.3, -0.25) is 4.79 Å². The fourth-order valence-corrected chi connectivity index (χ4v) is 3.56. The molecule has 1 saturated heterocycles. The third kappa shape index (κ3) is 3.62. The number of aromatic nitrogens is 2. The number of nitrogens with two attached hydrogens (primary N) is 1. The Morgan fingerprint density at radius 2 is 2.12 bits per heavy atom. The fourth-order valence-electron chi connectivity index (χ4n) is 3.56. The van der Waals surface area contributed by atoms with E-state index >= 15 is 0 Å². The molecule has 1 fully saturated rings. The predicted octanol–water partition coefficient (Wildman–Crippen LogP) is 2.14. The number of benzene rings is 1. The molecular weight excluding hydrogens is 328 g/mol. The number of carbonyl (C=O) groups is 1. The van der Waals surface area contributed by atoms with Crippen LogP contribution in [0.1, 0.15) is 35.2 Å². The summed E-state index contributed by atoms with van der Waals surface area (Å²) in [7, 11) is 0. The average molecular weight is 352 g/mol. The zero-order valence-electron chi connectivity index (χ0n) is 14.7. The molecule has 1 aromatic carbocycles. The third-order valence-electron chi connectivity index (χ3n) is 4.94. The number of aryl methyl sites for hydroxylation is 1. The average Bonchev–Trinajstić information content (AvgIpc) is 2.68. The van der Waals surface area contributed by atoms with E-state index in [2.05, 4.69) is 32.7 Å². The quantitative estimate of drug-likeness (QED) is 0.783. The highest BCUT2D eigenvalue weighted by Gasteiger charge is 2.22. The lowest BCUT2D eigenvalue weighted by molar-refractivity contribution is 0.0708. The second kappa shape index (κ2) is 7.29. The lowest BCUT2D eigenvalue weighted by atomic mass is 10.0. The number of hydrogen-bond donors (Lipinski definition) is 3. The summed E-state index contributed by atoms with van der Waals surface area (Å²) < 4.78 is 0. The first-order valence-corrected chi connectivity index (χ1v) is 9.20. The van der Waals surface area contributed by atoms with Gasteiger partial charge in [0.25, 0.3) is 5.91 Å². The van der Waals surface area contributed by atoms with Crippen molar-refractivity contribution in [2.45, 2.75) is 31.7 Å². The van der Waals surface area contributed by atoms with Crippen molar-refractivity contribution >= 4 is 23.2 Å². The number of fused-ring (bicyclic) bond motifs is 1. The Morgan fingerprint density at radius 3 is 2.92 bits per heavy atom. The van der Waals surface area contributed by atoms with Gasteiger partial charge in [0.05, 0.1) is 5.56 Å². The van der Waals surface area contributed by atoms with Crippen molar-refractivity contribution in [3.8, 4) is 0 Å². The monoisotopic (exact) mass is 352 g/mol. The standard InChI is InChI=1S/C19H24N6O/c20-15-4-2-8-25(12-15)18(26)14-10-22-19(23-11-14)24-16-5-6-17-13(9-16)3-1-7-21-17/h5-6,9-11,15,21H,1-4,7-8,12,20H2,(H,22,23,24). The summed E-state index contributed by atoms with van der Waals surface area (Å²) in [6.07, 6.45) is 7.30. The molecule has 7 nitrogen and oxygen atoms in total. The van der Waals surface area contributed by atoms with E-state index in [1.165, 1.54) is 11.3 Å². The molecule has 4 N–H and O–H groups in total. The van der Waals surface area contributed by atoms with Crippen LogP contribution in [-0.4, -0.2) is 46.5 Å². The maximum atomic E-state index is 12.5. The topological polar surface area (TPSA) is 96.2 Å². The van der Waals surface area contributed by atoms with Crippen LogP contribution in [-0.2, 0) is 6.42 Å². The zero-order chi connectivity index (χ0) is 17.9. The molecule has 0 spiro atoms. The van der Waals surface area contributed by atoms with Crippen molar-refractivity contribution in [2.24, 2.45) is 5.73 Å². The molecule has 0 radical (unpaired) electrons. The second-order valence-corrected chi connectivity index (χ2v) is 6.98. The van der Waals surface area contributed by atoms with Gasteiger partial charge in [0.2, 0.25) is 5.95 Å². The van der Waals surface area contributed by atoms with Crippen LogP contribution in [0, 0.1) is 0 Å². The number of rotatable bonds is 3. The Kier molecular flexibility index (Phi) is 4.71. The van der Waals surface area contributed by atoms with E-state index in [9.17, 15) is 4.79 Å². The van der Waals surface area contributed by atoms with Gasteiger partial charge in [-0.25, -0.2) is 9.97 Å². The molecule has 1 amide bonds. The van der Waals surface area contributed by atoms with Crippen LogP contribution < -0.4 is 16.4 Å². The molecule has 7 heteroatoms. The molecule has 0 aliphatic carbocycles. The van der Waals surface area contributed by atoms with E-state index < -0.39 is 0 Å². The highest BCUT2D eigenvalue weighted by molar-refractivity contribution is 5.93. The van der Waals surface area contributed by atoms with E-state index in [1.54, 1.807) is 17.3 Å². The van der Waals surface area contributed by atoms with Crippen LogP contribution in [0.5, 0.6) is 0 Å². The van der Waals surface area contributed by atoms with Gasteiger partial charge in [0.1, 0.15) is 0 Å². The van der Waals surface area contributed by atoms with E-state index in [4.69, 9.17) is 5.73 Å². The Labute approximate surface area is 153 Å². The first-order chi connectivity index (χ1) is 12.7. The number of likely N-dealkylation sites (tertiary alicyclic amines) is 1. The molecule has 1 atom stereocenters. The van der Waals surface area contributed by atoms with Gasteiger partial charge >= 0.3 is 0 Å². The van der Waals surface area contributed by atoms with Crippen LogP contribution >= 0.6 is 0 Å². The molecule has 26 heavy (non-hydrogen) atoms. The van der Waals surface area contributed by atoms with Crippen LogP contribution in [0.25, 0.3) is 0 Å². The maximum absolute atomic E-state index is 12.5. The lowest BCUT2D eigenvalue weighted by Crippen LogP contribution is -2.45.